The number of amides is 1. The van der Waals surface area contributed by atoms with E-state index in [0.717, 1.165) is 29.3 Å². The number of nitrogen functional groups attached to an aromatic ring is 1. The van der Waals surface area contributed by atoms with Crippen LogP contribution in [0.2, 0.25) is 0 Å². The first-order valence-electron chi connectivity index (χ1n) is 7.27. The number of nitrogens with one attached hydrogen (secondary N) is 1. The zero-order valence-corrected chi connectivity index (χ0v) is 12.0. The summed E-state index contributed by atoms with van der Waals surface area (Å²) in [5, 5.41) is 0.917. The monoisotopic (exact) mass is 271 g/mol. The molecule has 106 valence electrons. The van der Waals surface area contributed by atoms with Crippen molar-refractivity contribution in [2.75, 3.05) is 5.73 Å². The zero-order valence-electron chi connectivity index (χ0n) is 12.0. The normalized spacial score (nSPS) is 23.2. The number of nitrogens with zero attached hydrogens (tertiary/aromatic N) is 1. The minimum absolute atomic E-state index is 0.113. The molecule has 1 aliphatic heterocycles. The Labute approximate surface area is 118 Å². The van der Waals surface area contributed by atoms with Crippen molar-refractivity contribution < 1.29 is 4.79 Å². The second kappa shape index (κ2) is 4.85. The molecule has 0 aliphatic carbocycles. The Balaban J connectivity index is 2.01. The van der Waals surface area contributed by atoms with Crippen molar-refractivity contribution in [2.45, 2.75) is 45.2 Å². The molecule has 1 fully saturated rings. The fourth-order valence-corrected chi connectivity index (χ4v) is 3.28. The summed E-state index contributed by atoms with van der Waals surface area (Å²) in [4.78, 5) is 18.1. The number of aromatic amines is 1. The molecule has 2 aromatic rings. The molecule has 4 heteroatoms. The van der Waals surface area contributed by atoms with Gasteiger partial charge in [-0.15, -0.1) is 0 Å². The Hall–Kier alpha value is -1.97. The number of likely N-dealkylation sites (tertiary alicyclic amines) is 1. The topological polar surface area (TPSA) is 62.1 Å². The van der Waals surface area contributed by atoms with Gasteiger partial charge in [-0.25, -0.2) is 0 Å². The largest absolute Gasteiger partial charge is 0.399 e. The summed E-state index contributed by atoms with van der Waals surface area (Å²) in [7, 11) is 0. The summed E-state index contributed by atoms with van der Waals surface area (Å²) in [5.74, 6) is 0.113. The lowest BCUT2D eigenvalue weighted by molar-refractivity contribution is 0.0513. The molecule has 20 heavy (non-hydrogen) atoms. The average Bonchev–Trinajstić information content (AvgIpc) is 2.81. The van der Waals surface area contributed by atoms with Crippen LogP contribution in [0.5, 0.6) is 0 Å². The summed E-state index contributed by atoms with van der Waals surface area (Å²) in [5.41, 5.74) is 8.22. The number of H-pyrrole nitrogens is 1. The van der Waals surface area contributed by atoms with E-state index in [1.807, 2.05) is 23.1 Å². The van der Waals surface area contributed by atoms with Crippen molar-refractivity contribution >= 4 is 22.5 Å². The molecule has 1 amide bonds. The highest BCUT2D eigenvalue weighted by atomic mass is 16.2. The summed E-state index contributed by atoms with van der Waals surface area (Å²) >= 11 is 0. The van der Waals surface area contributed by atoms with Gasteiger partial charge in [0, 0.05) is 34.9 Å². The van der Waals surface area contributed by atoms with E-state index in [-0.39, 0.29) is 5.91 Å². The molecule has 2 unspecified atom stereocenters. The van der Waals surface area contributed by atoms with Gasteiger partial charge < -0.3 is 15.6 Å². The van der Waals surface area contributed by atoms with Crippen molar-refractivity contribution in [3.05, 3.63) is 30.0 Å². The Kier molecular flexibility index (Phi) is 3.16. The van der Waals surface area contributed by atoms with E-state index >= 15 is 0 Å². The predicted molar refractivity (Wildman–Crippen MR) is 81.7 cm³/mol. The van der Waals surface area contributed by atoms with E-state index in [9.17, 15) is 4.79 Å². The van der Waals surface area contributed by atoms with Crippen LogP contribution in [-0.2, 0) is 0 Å². The van der Waals surface area contributed by atoms with Crippen LogP contribution >= 0.6 is 0 Å². The molecule has 0 saturated carbocycles. The van der Waals surface area contributed by atoms with E-state index in [1.54, 1.807) is 6.20 Å². The van der Waals surface area contributed by atoms with Crippen LogP contribution in [0.1, 0.15) is 43.5 Å². The fourth-order valence-electron chi connectivity index (χ4n) is 3.28. The number of nitrogens with two attached hydrogens (primary N) is 1. The molecular formula is C16H21N3O. The van der Waals surface area contributed by atoms with Gasteiger partial charge in [-0.1, -0.05) is 0 Å². The number of fused-ring (bicyclic) bond motifs is 1. The number of piperidine rings is 1. The Bertz CT molecular complexity index is 636. The van der Waals surface area contributed by atoms with Crippen LogP contribution < -0.4 is 5.73 Å². The van der Waals surface area contributed by atoms with Gasteiger partial charge in [0.25, 0.3) is 5.91 Å². The number of benzene rings is 1. The zero-order chi connectivity index (χ0) is 14.3. The van der Waals surface area contributed by atoms with Gasteiger partial charge >= 0.3 is 0 Å². The third kappa shape index (κ3) is 2.05. The lowest BCUT2D eigenvalue weighted by Gasteiger charge is -2.39. The fraction of sp³-hybridized carbons (Fsp3) is 0.438. The van der Waals surface area contributed by atoms with Gasteiger partial charge in [0.1, 0.15) is 0 Å². The number of rotatable bonds is 1. The maximum absolute atomic E-state index is 12.9. The molecule has 1 aromatic heterocycles. The van der Waals surface area contributed by atoms with Crippen LogP contribution in [0.4, 0.5) is 5.69 Å². The Morgan fingerprint density at radius 3 is 2.70 bits per heavy atom. The maximum atomic E-state index is 12.9. The Morgan fingerprint density at radius 2 is 2.00 bits per heavy atom. The highest BCUT2D eigenvalue weighted by Crippen LogP contribution is 2.28. The maximum Gasteiger partial charge on any atom is 0.256 e. The quantitative estimate of drug-likeness (QED) is 0.783. The number of aromatic nitrogens is 1. The first kappa shape index (κ1) is 13.0. The van der Waals surface area contributed by atoms with Crippen molar-refractivity contribution in [1.82, 2.24) is 9.88 Å². The minimum atomic E-state index is 0.113. The summed E-state index contributed by atoms with van der Waals surface area (Å²) in [6.07, 6.45) is 5.18. The molecule has 3 rings (SSSR count). The van der Waals surface area contributed by atoms with Crippen molar-refractivity contribution in [1.29, 1.82) is 0 Å². The second-order valence-electron chi connectivity index (χ2n) is 5.85. The molecule has 0 radical (unpaired) electrons. The van der Waals surface area contributed by atoms with Gasteiger partial charge in [0.15, 0.2) is 0 Å². The summed E-state index contributed by atoms with van der Waals surface area (Å²) in [6.45, 7) is 4.27. The van der Waals surface area contributed by atoms with E-state index in [4.69, 9.17) is 5.73 Å². The molecule has 1 aromatic carbocycles. The van der Waals surface area contributed by atoms with E-state index < -0.39 is 0 Å². The lowest BCUT2D eigenvalue weighted by Crippen LogP contribution is -2.47. The molecule has 2 heterocycles. The van der Waals surface area contributed by atoms with Crippen molar-refractivity contribution in [3.8, 4) is 0 Å². The highest BCUT2D eigenvalue weighted by molar-refractivity contribution is 6.07. The lowest BCUT2D eigenvalue weighted by atomic mass is 9.96. The SMILES string of the molecule is CC1CCCC(C)N1C(=O)c1c[nH]c2ccc(N)cc12. The van der Waals surface area contributed by atoms with Crippen molar-refractivity contribution in [3.63, 3.8) is 0 Å². The second-order valence-corrected chi connectivity index (χ2v) is 5.85. The average molecular weight is 271 g/mol. The van der Waals surface area contributed by atoms with Crippen LogP contribution in [0.15, 0.2) is 24.4 Å². The predicted octanol–water partition coefficient (Wildman–Crippen LogP) is 3.15. The first-order valence-corrected chi connectivity index (χ1v) is 7.27. The summed E-state index contributed by atoms with van der Waals surface area (Å²) < 4.78 is 0. The van der Waals surface area contributed by atoms with E-state index in [2.05, 4.69) is 18.8 Å². The van der Waals surface area contributed by atoms with Gasteiger partial charge in [-0.2, -0.15) is 0 Å². The number of hydrogen-bond acceptors (Lipinski definition) is 2. The molecule has 0 bridgehead atoms. The highest BCUT2D eigenvalue weighted by Gasteiger charge is 2.30. The first-order chi connectivity index (χ1) is 9.58. The number of carbonyl (C=O) groups is 1. The molecule has 0 spiro atoms. The molecule has 3 N–H and O–H groups in total. The van der Waals surface area contributed by atoms with Crippen LogP contribution in [0.25, 0.3) is 10.9 Å². The third-order valence-electron chi connectivity index (χ3n) is 4.36. The van der Waals surface area contributed by atoms with Crippen molar-refractivity contribution in [2.24, 2.45) is 0 Å². The molecular weight excluding hydrogens is 250 g/mol. The smallest absolute Gasteiger partial charge is 0.256 e. The van der Waals surface area contributed by atoms with Gasteiger partial charge in [0.05, 0.1) is 5.56 Å². The molecule has 1 saturated heterocycles. The van der Waals surface area contributed by atoms with Crippen LogP contribution in [0, 0.1) is 0 Å². The van der Waals surface area contributed by atoms with E-state index in [0.29, 0.717) is 17.8 Å². The summed E-state index contributed by atoms with van der Waals surface area (Å²) in [6, 6.07) is 6.25. The third-order valence-corrected chi connectivity index (χ3v) is 4.36. The van der Waals surface area contributed by atoms with Gasteiger partial charge in [-0.05, 0) is 51.3 Å². The van der Waals surface area contributed by atoms with E-state index in [1.165, 1.54) is 6.42 Å². The van der Waals surface area contributed by atoms with Crippen LogP contribution in [0.3, 0.4) is 0 Å². The number of carbonyl (C=O) groups excluding carboxylic acids is 1. The standard InChI is InChI=1S/C16H21N3O/c1-10-4-3-5-11(2)19(10)16(20)14-9-18-15-7-6-12(17)8-13(14)15/h6-11,18H,3-5,17H2,1-2H3. The van der Waals surface area contributed by atoms with Crippen LogP contribution in [-0.4, -0.2) is 27.9 Å². The Morgan fingerprint density at radius 1 is 1.30 bits per heavy atom. The minimum Gasteiger partial charge on any atom is -0.399 e. The molecule has 1 aliphatic rings. The molecule has 4 nitrogen and oxygen atoms in total. The molecule has 2 atom stereocenters. The number of anilines is 1. The number of hydrogen-bond donors (Lipinski definition) is 2. The van der Waals surface area contributed by atoms with Gasteiger partial charge in [0.2, 0.25) is 0 Å². The van der Waals surface area contributed by atoms with Gasteiger partial charge in [-0.3, -0.25) is 4.79 Å².